The van der Waals surface area contributed by atoms with Gasteiger partial charge in [-0.1, -0.05) is 30.3 Å². The average molecular weight is 379 g/mol. The van der Waals surface area contributed by atoms with Crippen molar-refractivity contribution in [3.63, 3.8) is 0 Å². The fourth-order valence-corrected chi connectivity index (χ4v) is 4.51. The number of fused-ring (bicyclic) bond motifs is 3. The van der Waals surface area contributed by atoms with Gasteiger partial charge in [0.15, 0.2) is 0 Å². The molecule has 1 aromatic rings. The van der Waals surface area contributed by atoms with E-state index in [1.165, 1.54) is 0 Å². The van der Waals surface area contributed by atoms with Crippen molar-refractivity contribution in [2.45, 2.75) is 62.7 Å². The first-order valence-electron chi connectivity index (χ1n) is 9.48. The summed E-state index contributed by atoms with van der Waals surface area (Å²) < 4.78 is 23.9. The van der Waals surface area contributed by atoms with Crippen LogP contribution in [0.2, 0.25) is 0 Å². The van der Waals surface area contributed by atoms with Gasteiger partial charge < -0.3 is 24.1 Å². The average Bonchev–Trinajstić information content (AvgIpc) is 3.06. The SMILES string of the molecule is CO[C@]1(C)O[C@@H]2[C@@H](O[C@@]1(C)OC)[C@@H](O)C[C@@H]1CON(Cc3ccccc3)[C@H]12. The van der Waals surface area contributed by atoms with Crippen molar-refractivity contribution < 1.29 is 28.9 Å². The highest BCUT2D eigenvalue weighted by molar-refractivity contribution is 5.15. The Bertz CT molecular complexity index is 659. The largest absolute Gasteiger partial charge is 0.390 e. The molecule has 7 nitrogen and oxygen atoms in total. The van der Waals surface area contributed by atoms with Gasteiger partial charge in [0.2, 0.25) is 11.6 Å². The van der Waals surface area contributed by atoms with E-state index in [4.69, 9.17) is 23.8 Å². The molecule has 2 heterocycles. The van der Waals surface area contributed by atoms with Crippen molar-refractivity contribution in [1.29, 1.82) is 0 Å². The summed E-state index contributed by atoms with van der Waals surface area (Å²) in [5, 5.41) is 12.7. The highest BCUT2D eigenvalue weighted by Gasteiger charge is 2.63. The number of hydrogen-bond donors (Lipinski definition) is 1. The van der Waals surface area contributed by atoms with Gasteiger partial charge in [-0.3, -0.25) is 4.84 Å². The van der Waals surface area contributed by atoms with Crippen LogP contribution in [0, 0.1) is 5.92 Å². The predicted molar refractivity (Wildman–Crippen MR) is 96.4 cm³/mol. The Morgan fingerprint density at radius 3 is 2.33 bits per heavy atom. The maximum Gasteiger partial charge on any atom is 0.220 e. The number of nitrogens with zero attached hydrogens (tertiary/aromatic N) is 1. The third-order valence-electron chi connectivity index (χ3n) is 6.36. The number of methoxy groups -OCH3 is 2. The molecule has 4 rings (SSSR count). The molecule has 27 heavy (non-hydrogen) atoms. The quantitative estimate of drug-likeness (QED) is 0.854. The van der Waals surface area contributed by atoms with Crippen LogP contribution in [-0.4, -0.2) is 66.9 Å². The van der Waals surface area contributed by atoms with E-state index in [2.05, 4.69) is 12.1 Å². The monoisotopic (exact) mass is 379 g/mol. The molecular formula is C20H29NO6. The number of rotatable bonds is 4. The molecular weight excluding hydrogens is 350 g/mol. The number of ether oxygens (including phenoxy) is 4. The fraction of sp³-hybridized carbons (Fsp3) is 0.700. The van der Waals surface area contributed by atoms with Crippen LogP contribution in [0.15, 0.2) is 30.3 Å². The molecule has 3 aliphatic rings. The predicted octanol–water partition coefficient (Wildman–Crippen LogP) is 1.69. The van der Waals surface area contributed by atoms with Gasteiger partial charge in [-0.25, -0.2) is 0 Å². The van der Waals surface area contributed by atoms with Gasteiger partial charge in [0, 0.05) is 26.7 Å². The van der Waals surface area contributed by atoms with Gasteiger partial charge in [-0.2, -0.15) is 5.06 Å². The number of aliphatic hydroxyl groups excluding tert-OH is 1. The lowest BCUT2D eigenvalue weighted by Crippen LogP contribution is -2.72. The molecule has 0 aromatic heterocycles. The zero-order chi connectivity index (χ0) is 19.2. The topological polar surface area (TPSA) is 69.6 Å². The maximum atomic E-state index is 10.7. The molecule has 0 bridgehead atoms. The van der Waals surface area contributed by atoms with E-state index in [1.807, 2.05) is 23.3 Å². The molecule has 1 aliphatic carbocycles. The molecule has 2 aliphatic heterocycles. The molecule has 0 amide bonds. The lowest BCUT2D eigenvalue weighted by atomic mass is 9.78. The van der Waals surface area contributed by atoms with Crippen LogP contribution in [0.5, 0.6) is 0 Å². The minimum atomic E-state index is -1.12. The highest BCUT2D eigenvalue weighted by atomic mass is 16.8. The molecule has 1 N–H and O–H groups in total. The summed E-state index contributed by atoms with van der Waals surface area (Å²) in [5.74, 6) is -2.06. The zero-order valence-corrected chi connectivity index (χ0v) is 16.3. The van der Waals surface area contributed by atoms with Gasteiger partial charge in [0.25, 0.3) is 0 Å². The van der Waals surface area contributed by atoms with Crippen LogP contribution in [0.3, 0.4) is 0 Å². The third kappa shape index (κ3) is 3.11. The van der Waals surface area contributed by atoms with Crippen molar-refractivity contribution in [2.24, 2.45) is 5.92 Å². The molecule has 7 heteroatoms. The van der Waals surface area contributed by atoms with Crippen LogP contribution in [-0.2, 0) is 30.3 Å². The van der Waals surface area contributed by atoms with Crippen LogP contribution < -0.4 is 0 Å². The molecule has 1 aromatic carbocycles. The summed E-state index contributed by atoms with van der Waals surface area (Å²) in [6.07, 6.45) is -0.950. The summed E-state index contributed by atoms with van der Waals surface area (Å²) in [6, 6.07) is 10.1. The molecule has 0 radical (unpaired) electrons. The summed E-state index contributed by atoms with van der Waals surface area (Å²) in [5.41, 5.74) is 1.16. The van der Waals surface area contributed by atoms with Crippen molar-refractivity contribution >= 4 is 0 Å². The summed E-state index contributed by atoms with van der Waals surface area (Å²) in [7, 11) is 3.13. The van der Waals surface area contributed by atoms with Gasteiger partial charge in [0.1, 0.15) is 12.2 Å². The Balaban J connectivity index is 1.62. The minimum Gasteiger partial charge on any atom is -0.390 e. The lowest BCUT2D eigenvalue weighted by molar-refractivity contribution is -0.463. The Morgan fingerprint density at radius 2 is 1.70 bits per heavy atom. The maximum absolute atomic E-state index is 10.7. The van der Waals surface area contributed by atoms with Crippen LogP contribution >= 0.6 is 0 Å². The highest BCUT2D eigenvalue weighted by Crippen LogP contribution is 2.47. The normalized spacial score (nSPS) is 44.7. The van der Waals surface area contributed by atoms with Crippen molar-refractivity contribution in [1.82, 2.24) is 5.06 Å². The molecule has 150 valence electrons. The van der Waals surface area contributed by atoms with E-state index in [0.29, 0.717) is 19.6 Å². The summed E-state index contributed by atoms with van der Waals surface area (Å²) >= 11 is 0. The van der Waals surface area contributed by atoms with E-state index < -0.39 is 29.9 Å². The van der Waals surface area contributed by atoms with Crippen molar-refractivity contribution in [2.75, 3.05) is 20.8 Å². The molecule has 2 saturated heterocycles. The molecule has 0 spiro atoms. The molecule has 0 unspecified atom stereocenters. The van der Waals surface area contributed by atoms with E-state index >= 15 is 0 Å². The lowest BCUT2D eigenvalue weighted by Gasteiger charge is -2.56. The molecule has 3 fully saturated rings. The number of benzene rings is 1. The Labute approximate surface area is 160 Å². The number of hydroxylamine groups is 2. The van der Waals surface area contributed by atoms with E-state index in [0.717, 1.165) is 5.56 Å². The van der Waals surface area contributed by atoms with E-state index in [9.17, 15) is 5.11 Å². The summed E-state index contributed by atoms with van der Waals surface area (Å²) in [6.45, 7) is 4.79. The second-order valence-corrected chi connectivity index (χ2v) is 7.87. The first-order chi connectivity index (χ1) is 12.9. The van der Waals surface area contributed by atoms with Gasteiger partial charge >= 0.3 is 0 Å². The number of aliphatic hydroxyl groups is 1. The Morgan fingerprint density at radius 1 is 1.07 bits per heavy atom. The van der Waals surface area contributed by atoms with Crippen molar-refractivity contribution in [3.8, 4) is 0 Å². The van der Waals surface area contributed by atoms with Gasteiger partial charge in [0.05, 0.1) is 18.8 Å². The number of hydrogen-bond acceptors (Lipinski definition) is 7. The van der Waals surface area contributed by atoms with Crippen LogP contribution in [0.25, 0.3) is 0 Å². The second-order valence-electron chi connectivity index (χ2n) is 7.87. The van der Waals surface area contributed by atoms with Gasteiger partial charge in [-0.15, -0.1) is 0 Å². The smallest absolute Gasteiger partial charge is 0.220 e. The second kappa shape index (κ2) is 7.08. The van der Waals surface area contributed by atoms with E-state index in [1.54, 1.807) is 28.1 Å². The van der Waals surface area contributed by atoms with Crippen LogP contribution in [0.1, 0.15) is 25.8 Å². The van der Waals surface area contributed by atoms with Gasteiger partial charge in [-0.05, 0) is 25.8 Å². The molecule has 1 saturated carbocycles. The Kier molecular flexibility index (Phi) is 5.05. The Hall–Kier alpha value is -1.06. The van der Waals surface area contributed by atoms with E-state index in [-0.39, 0.29) is 12.0 Å². The van der Waals surface area contributed by atoms with Crippen LogP contribution in [0.4, 0.5) is 0 Å². The zero-order valence-electron chi connectivity index (χ0n) is 16.3. The fourth-order valence-electron chi connectivity index (χ4n) is 4.51. The molecule has 7 atom stereocenters. The standard InChI is InChI=1S/C20H29NO6/c1-19(23-3)20(2,24-4)27-18-16-14(10-15(22)17(18)26-19)12-25-21(16)11-13-8-6-5-7-9-13/h5-9,14-18,22H,10-12H2,1-4H3/t14-,15+,16-,17+,18+,19-,20-/m1/s1. The minimum absolute atomic E-state index is 0.0329. The van der Waals surface area contributed by atoms with Crippen molar-refractivity contribution in [3.05, 3.63) is 35.9 Å². The first-order valence-corrected chi connectivity index (χ1v) is 9.48. The summed E-state index contributed by atoms with van der Waals surface area (Å²) in [4.78, 5) is 6.00. The third-order valence-corrected chi connectivity index (χ3v) is 6.36. The first kappa shape index (κ1) is 19.3.